The van der Waals surface area contributed by atoms with Crippen molar-refractivity contribution in [1.82, 2.24) is 0 Å². The number of carbonyl (C=O) groups is 1. The van der Waals surface area contributed by atoms with E-state index < -0.39 is 0 Å². The number of hydrogen-bond donors (Lipinski definition) is 1. The van der Waals surface area contributed by atoms with E-state index in [1.165, 1.54) is 6.07 Å². The molecule has 0 saturated heterocycles. The number of phenols is 1. The van der Waals surface area contributed by atoms with Crippen LogP contribution in [0.2, 0.25) is 5.02 Å². The average molecular weight is 305 g/mol. The minimum atomic E-state index is -0.246. The smallest absolute Gasteiger partial charge is 0.196 e. The third-order valence-electron chi connectivity index (χ3n) is 3.09. The summed E-state index contributed by atoms with van der Waals surface area (Å²) in [6, 6.07) is 11.3. The van der Waals surface area contributed by atoms with Crippen molar-refractivity contribution in [2.24, 2.45) is 0 Å². The maximum atomic E-state index is 12.3. The molecule has 0 radical (unpaired) electrons. The Bertz CT molecular complexity index is 620. The third kappa shape index (κ3) is 3.99. The van der Waals surface area contributed by atoms with E-state index in [1.807, 2.05) is 0 Å². The first-order valence-corrected chi connectivity index (χ1v) is 7.25. The number of rotatable bonds is 6. The van der Waals surface area contributed by atoms with Crippen LogP contribution in [-0.4, -0.2) is 17.5 Å². The van der Waals surface area contributed by atoms with Crippen LogP contribution in [0.25, 0.3) is 0 Å². The van der Waals surface area contributed by atoms with Gasteiger partial charge in [0.15, 0.2) is 5.78 Å². The first kappa shape index (κ1) is 15.4. The Morgan fingerprint density at radius 3 is 2.52 bits per heavy atom. The summed E-state index contributed by atoms with van der Waals surface area (Å²) < 4.78 is 5.49. The number of aromatic hydroxyl groups is 1. The number of phenolic OH excluding ortho intramolecular Hbond substituents is 1. The van der Waals surface area contributed by atoms with Gasteiger partial charge in [0.05, 0.1) is 12.2 Å². The molecule has 0 aliphatic rings. The Kier molecular flexibility index (Phi) is 5.23. The minimum absolute atomic E-state index is 0.0797. The van der Waals surface area contributed by atoms with Crippen molar-refractivity contribution in [2.45, 2.75) is 19.8 Å². The molecule has 0 aliphatic carbocycles. The Morgan fingerprint density at radius 1 is 1.19 bits per heavy atom. The molecule has 0 heterocycles. The molecule has 0 spiro atoms. The maximum absolute atomic E-state index is 12.3. The quantitative estimate of drug-likeness (QED) is 0.633. The molecular weight excluding hydrogens is 288 g/mol. The van der Waals surface area contributed by atoms with Crippen LogP contribution in [0.15, 0.2) is 42.5 Å². The molecule has 0 atom stereocenters. The SMILES string of the molecule is CCCCOc1ccc(C(=O)c2ccc(Cl)cc2)c(O)c1. The molecule has 0 unspecified atom stereocenters. The van der Waals surface area contributed by atoms with Crippen molar-refractivity contribution in [3.63, 3.8) is 0 Å². The molecule has 0 bridgehead atoms. The number of hydrogen-bond acceptors (Lipinski definition) is 3. The summed E-state index contributed by atoms with van der Waals surface area (Å²) in [6.07, 6.45) is 1.99. The van der Waals surface area contributed by atoms with E-state index in [0.717, 1.165) is 12.8 Å². The van der Waals surface area contributed by atoms with Crippen LogP contribution in [0.5, 0.6) is 11.5 Å². The Morgan fingerprint density at radius 2 is 1.90 bits per heavy atom. The van der Waals surface area contributed by atoms with Gasteiger partial charge in [-0.25, -0.2) is 0 Å². The van der Waals surface area contributed by atoms with E-state index in [0.29, 0.717) is 22.9 Å². The maximum Gasteiger partial charge on any atom is 0.196 e. The molecule has 3 nitrogen and oxygen atoms in total. The summed E-state index contributed by atoms with van der Waals surface area (Å²) >= 11 is 5.80. The lowest BCUT2D eigenvalue weighted by atomic mass is 10.0. The summed E-state index contributed by atoms with van der Waals surface area (Å²) in [5, 5.41) is 10.6. The van der Waals surface area contributed by atoms with Crippen molar-refractivity contribution >= 4 is 17.4 Å². The van der Waals surface area contributed by atoms with Gasteiger partial charge in [-0.05, 0) is 42.8 Å². The fourth-order valence-corrected chi connectivity index (χ4v) is 2.01. The van der Waals surface area contributed by atoms with E-state index >= 15 is 0 Å². The predicted molar refractivity (Wildman–Crippen MR) is 83.4 cm³/mol. The van der Waals surface area contributed by atoms with Crippen molar-refractivity contribution in [3.05, 3.63) is 58.6 Å². The minimum Gasteiger partial charge on any atom is -0.507 e. The zero-order valence-corrected chi connectivity index (χ0v) is 12.6. The topological polar surface area (TPSA) is 46.5 Å². The van der Waals surface area contributed by atoms with Gasteiger partial charge in [-0.3, -0.25) is 4.79 Å². The van der Waals surface area contributed by atoms with Gasteiger partial charge in [-0.15, -0.1) is 0 Å². The highest BCUT2D eigenvalue weighted by Crippen LogP contribution is 2.26. The van der Waals surface area contributed by atoms with Gasteiger partial charge in [0, 0.05) is 16.7 Å². The van der Waals surface area contributed by atoms with E-state index in [4.69, 9.17) is 16.3 Å². The summed E-state index contributed by atoms with van der Waals surface area (Å²) in [5.74, 6) is 0.238. The van der Waals surface area contributed by atoms with Crippen LogP contribution in [-0.2, 0) is 0 Å². The first-order valence-electron chi connectivity index (χ1n) is 6.88. The third-order valence-corrected chi connectivity index (χ3v) is 3.34. The molecule has 110 valence electrons. The lowest BCUT2D eigenvalue weighted by molar-refractivity contribution is 0.103. The van der Waals surface area contributed by atoms with Gasteiger partial charge in [0.25, 0.3) is 0 Å². The van der Waals surface area contributed by atoms with Crippen LogP contribution in [0.1, 0.15) is 35.7 Å². The number of unbranched alkanes of at least 4 members (excludes halogenated alkanes) is 1. The molecule has 0 saturated carbocycles. The molecule has 0 amide bonds. The second-order valence-corrected chi connectivity index (χ2v) is 5.15. The molecule has 4 heteroatoms. The lowest BCUT2D eigenvalue weighted by Crippen LogP contribution is -2.02. The van der Waals surface area contributed by atoms with Crippen molar-refractivity contribution in [1.29, 1.82) is 0 Å². The molecule has 2 rings (SSSR count). The highest BCUT2D eigenvalue weighted by molar-refractivity contribution is 6.30. The number of benzene rings is 2. The molecular formula is C17H17ClO3. The van der Waals surface area contributed by atoms with Gasteiger partial charge in [0.1, 0.15) is 11.5 Å². The van der Waals surface area contributed by atoms with Crippen molar-refractivity contribution in [3.8, 4) is 11.5 Å². The summed E-state index contributed by atoms with van der Waals surface area (Å²) in [5.41, 5.74) is 0.731. The molecule has 0 aliphatic heterocycles. The highest BCUT2D eigenvalue weighted by atomic mass is 35.5. The van der Waals surface area contributed by atoms with Gasteiger partial charge in [-0.2, -0.15) is 0 Å². The number of ether oxygens (including phenoxy) is 1. The zero-order chi connectivity index (χ0) is 15.2. The molecule has 2 aromatic rings. The van der Waals surface area contributed by atoms with Gasteiger partial charge in [-0.1, -0.05) is 24.9 Å². The molecule has 21 heavy (non-hydrogen) atoms. The molecule has 1 N–H and O–H groups in total. The summed E-state index contributed by atoms with van der Waals surface area (Å²) in [7, 11) is 0. The van der Waals surface area contributed by atoms with Gasteiger partial charge < -0.3 is 9.84 Å². The lowest BCUT2D eigenvalue weighted by Gasteiger charge is -2.08. The van der Waals surface area contributed by atoms with Gasteiger partial charge >= 0.3 is 0 Å². The fourth-order valence-electron chi connectivity index (χ4n) is 1.88. The van der Waals surface area contributed by atoms with Crippen LogP contribution in [0.4, 0.5) is 0 Å². The Labute approximate surface area is 129 Å². The molecule has 2 aromatic carbocycles. The Balaban J connectivity index is 2.16. The second-order valence-electron chi connectivity index (χ2n) is 4.72. The van der Waals surface area contributed by atoms with Crippen LogP contribution in [0, 0.1) is 0 Å². The average Bonchev–Trinajstić information content (AvgIpc) is 2.48. The van der Waals surface area contributed by atoms with Crippen molar-refractivity contribution < 1.29 is 14.6 Å². The van der Waals surface area contributed by atoms with Crippen LogP contribution < -0.4 is 4.74 Å². The standard InChI is InChI=1S/C17H17ClO3/c1-2-3-10-21-14-8-9-15(16(19)11-14)17(20)12-4-6-13(18)7-5-12/h4-9,11,19H,2-3,10H2,1H3. The second kappa shape index (κ2) is 7.14. The van der Waals surface area contributed by atoms with E-state index in [1.54, 1.807) is 36.4 Å². The summed E-state index contributed by atoms with van der Waals surface area (Å²) in [4.78, 5) is 12.3. The van der Waals surface area contributed by atoms with E-state index in [2.05, 4.69) is 6.92 Å². The largest absolute Gasteiger partial charge is 0.507 e. The van der Waals surface area contributed by atoms with Crippen molar-refractivity contribution in [2.75, 3.05) is 6.61 Å². The predicted octanol–water partition coefficient (Wildman–Crippen LogP) is 4.46. The normalized spacial score (nSPS) is 10.4. The monoisotopic (exact) mass is 304 g/mol. The Hall–Kier alpha value is -2.00. The van der Waals surface area contributed by atoms with Gasteiger partial charge in [0.2, 0.25) is 0 Å². The summed E-state index contributed by atoms with van der Waals surface area (Å²) in [6.45, 7) is 2.68. The fraction of sp³-hybridized carbons (Fsp3) is 0.235. The molecule has 0 aromatic heterocycles. The first-order chi connectivity index (χ1) is 10.1. The zero-order valence-electron chi connectivity index (χ0n) is 11.8. The van der Waals surface area contributed by atoms with Crippen LogP contribution in [0.3, 0.4) is 0 Å². The number of carbonyl (C=O) groups excluding carboxylic acids is 1. The van der Waals surface area contributed by atoms with E-state index in [-0.39, 0.29) is 17.1 Å². The number of halogens is 1. The molecule has 0 fully saturated rings. The van der Waals surface area contributed by atoms with Crippen LogP contribution >= 0.6 is 11.6 Å². The highest BCUT2D eigenvalue weighted by Gasteiger charge is 2.14. The van der Waals surface area contributed by atoms with E-state index in [9.17, 15) is 9.90 Å². The number of ketones is 1.